The molecule has 1 N–H and O–H groups in total. The van der Waals surface area contributed by atoms with Gasteiger partial charge in [-0.3, -0.25) is 4.79 Å². The molecule has 2 heterocycles. The first-order valence-electron chi connectivity index (χ1n) is 10.2. The number of ether oxygens (including phenoxy) is 2. The Morgan fingerprint density at radius 1 is 1.21 bits per heavy atom. The van der Waals surface area contributed by atoms with Crippen molar-refractivity contribution in [3.8, 4) is 0 Å². The summed E-state index contributed by atoms with van der Waals surface area (Å²) in [4.78, 5) is 29.8. The molecule has 1 aliphatic heterocycles. The van der Waals surface area contributed by atoms with Crippen LogP contribution in [-0.4, -0.2) is 60.5 Å². The molecule has 1 aliphatic carbocycles. The number of piperidine rings is 1. The highest BCUT2D eigenvalue weighted by molar-refractivity contribution is 5.81. The predicted octanol–water partition coefficient (Wildman–Crippen LogP) is 2.23. The number of methoxy groups -OCH3 is 1. The van der Waals surface area contributed by atoms with Crippen LogP contribution in [-0.2, 0) is 20.7 Å². The van der Waals surface area contributed by atoms with Gasteiger partial charge in [-0.1, -0.05) is 18.0 Å². The van der Waals surface area contributed by atoms with Gasteiger partial charge in [0.15, 0.2) is 5.82 Å². The largest absolute Gasteiger partial charge is 0.468 e. The summed E-state index contributed by atoms with van der Waals surface area (Å²) in [6.07, 6.45) is 8.39. The quantitative estimate of drug-likeness (QED) is 0.532. The van der Waals surface area contributed by atoms with Crippen molar-refractivity contribution in [2.75, 3.05) is 33.4 Å². The van der Waals surface area contributed by atoms with Crippen molar-refractivity contribution in [3.63, 3.8) is 0 Å². The van der Waals surface area contributed by atoms with Crippen molar-refractivity contribution in [1.29, 1.82) is 0 Å². The summed E-state index contributed by atoms with van der Waals surface area (Å²) >= 11 is 0. The average molecular weight is 394 g/mol. The van der Waals surface area contributed by atoms with Crippen LogP contribution in [0.5, 0.6) is 0 Å². The Bertz CT molecular complexity index is 644. The van der Waals surface area contributed by atoms with Crippen molar-refractivity contribution in [3.05, 3.63) is 11.7 Å². The summed E-state index contributed by atoms with van der Waals surface area (Å²) in [7, 11) is 1.29. The number of nitrogens with one attached hydrogen (secondary N) is 1. The summed E-state index contributed by atoms with van der Waals surface area (Å²) < 4.78 is 15.7. The Labute approximate surface area is 165 Å². The molecular weight excluding hydrogens is 364 g/mol. The molecule has 2 amide bonds. The fraction of sp³-hybridized carbons (Fsp3) is 0.789. The molecule has 1 unspecified atom stereocenters. The van der Waals surface area contributed by atoms with Gasteiger partial charge in [-0.25, -0.2) is 4.79 Å². The number of carbonyl (C=O) groups is 2. The molecule has 1 atom stereocenters. The zero-order chi connectivity index (χ0) is 19.8. The number of hydrogen-bond donors (Lipinski definition) is 1. The van der Waals surface area contributed by atoms with Crippen molar-refractivity contribution < 1.29 is 23.6 Å². The van der Waals surface area contributed by atoms with Crippen molar-refractivity contribution >= 4 is 12.0 Å². The first-order valence-corrected chi connectivity index (χ1v) is 10.2. The van der Waals surface area contributed by atoms with Crippen LogP contribution < -0.4 is 5.32 Å². The summed E-state index contributed by atoms with van der Waals surface area (Å²) in [6, 6.07) is -0.596. The zero-order valence-electron chi connectivity index (χ0n) is 16.5. The van der Waals surface area contributed by atoms with E-state index in [2.05, 4.69) is 20.2 Å². The van der Waals surface area contributed by atoms with Gasteiger partial charge in [-0.15, -0.1) is 0 Å². The number of urea groups is 1. The van der Waals surface area contributed by atoms with E-state index in [0.717, 1.165) is 25.9 Å². The van der Waals surface area contributed by atoms with Crippen LogP contribution in [0.4, 0.5) is 4.79 Å². The van der Waals surface area contributed by atoms with E-state index >= 15 is 0 Å². The molecule has 1 saturated heterocycles. The molecular formula is C19H30N4O5. The summed E-state index contributed by atoms with van der Waals surface area (Å²) in [5.74, 6) is 1.25. The van der Waals surface area contributed by atoms with Crippen molar-refractivity contribution in [2.24, 2.45) is 5.92 Å². The van der Waals surface area contributed by atoms with E-state index in [-0.39, 0.29) is 18.6 Å². The van der Waals surface area contributed by atoms with E-state index in [1.54, 1.807) is 4.90 Å². The van der Waals surface area contributed by atoms with E-state index in [0.29, 0.717) is 37.2 Å². The molecule has 1 aromatic heterocycles. The lowest BCUT2D eigenvalue weighted by Crippen LogP contribution is -2.46. The lowest BCUT2D eigenvalue weighted by atomic mass is 10.0. The van der Waals surface area contributed by atoms with Crippen LogP contribution in [0.1, 0.15) is 62.7 Å². The van der Waals surface area contributed by atoms with E-state index in [1.165, 1.54) is 32.8 Å². The Hall–Kier alpha value is -2.16. The van der Waals surface area contributed by atoms with Gasteiger partial charge in [0.1, 0.15) is 12.6 Å². The summed E-state index contributed by atoms with van der Waals surface area (Å²) in [6.45, 7) is 1.80. The molecule has 1 saturated carbocycles. The number of hydrogen-bond acceptors (Lipinski definition) is 7. The van der Waals surface area contributed by atoms with Gasteiger partial charge in [0.2, 0.25) is 5.89 Å². The third kappa shape index (κ3) is 5.67. The standard InChI is InChI=1S/C19H30N4O5/c1-26-17(24)12-20-19(25)23-10-5-4-8-15(23)18-21-16(22-28-18)9-11-27-13-14-6-2-3-7-14/h14-15H,2-13H2,1H3,(H,20,25). The molecule has 0 aromatic carbocycles. The summed E-state index contributed by atoms with van der Waals surface area (Å²) in [5.41, 5.74) is 0. The topological polar surface area (TPSA) is 107 Å². The number of esters is 1. The van der Waals surface area contributed by atoms with E-state index in [9.17, 15) is 9.59 Å². The van der Waals surface area contributed by atoms with Crippen LogP contribution in [0, 0.1) is 5.92 Å². The lowest BCUT2D eigenvalue weighted by Gasteiger charge is -2.33. The molecule has 2 aliphatic rings. The summed E-state index contributed by atoms with van der Waals surface area (Å²) in [5, 5.41) is 6.62. The highest BCUT2D eigenvalue weighted by atomic mass is 16.5. The van der Waals surface area contributed by atoms with Gasteiger partial charge < -0.3 is 24.2 Å². The van der Waals surface area contributed by atoms with Crippen LogP contribution in [0.2, 0.25) is 0 Å². The maximum atomic E-state index is 12.4. The monoisotopic (exact) mass is 394 g/mol. The Morgan fingerprint density at radius 3 is 2.79 bits per heavy atom. The Balaban J connectivity index is 1.49. The van der Waals surface area contributed by atoms with Gasteiger partial charge in [0.05, 0.1) is 13.7 Å². The van der Waals surface area contributed by atoms with Crippen LogP contribution in [0.3, 0.4) is 0 Å². The number of likely N-dealkylation sites (tertiary alicyclic amines) is 1. The smallest absolute Gasteiger partial charge is 0.325 e. The van der Waals surface area contributed by atoms with E-state index in [4.69, 9.17) is 9.26 Å². The highest BCUT2D eigenvalue weighted by Gasteiger charge is 2.32. The fourth-order valence-corrected chi connectivity index (χ4v) is 3.85. The first-order chi connectivity index (χ1) is 13.7. The number of carbonyl (C=O) groups excluding carboxylic acids is 2. The SMILES string of the molecule is COC(=O)CNC(=O)N1CCCCC1c1nc(CCOCC2CCCC2)no1. The minimum Gasteiger partial charge on any atom is -0.468 e. The normalized spacial score (nSPS) is 20.3. The second-order valence-electron chi connectivity index (χ2n) is 7.46. The predicted molar refractivity (Wildman–Crippen MR) is 99.5 cm³/mol. The molecule has 156 valence electrons. The number of amides is 2. The molecule has 28 heavy (non-hydrogen) atoms. The Kier molecular flexibility index (Phi) is 7.64. The molecule has 1 aromatic rings. The van der Waals surface area contributed by atoms with E-state index < -0.39 is 5.97 Å². The van der Waals surface area contributed by atoms with Gasteiger partial charge >= 0.3 is 12.0 Å². The van der Waals surface area contributed by atoms with Crippen LogP contribution >= 0.6 is 0 Å². The third-order valence-electron chi connectivity index (χ3n) is 5.44. The van der Waals surface area contributed by atoms with Gasteiger partial charge in [0.25, 0.3) is 0 Å². The zero-order valence-corrected chi connectivity index (χ0v) is 16.5. The molecule has 9 heteroatoms. The minimum absolute atomic E-state index is 0.161. The lowest BCUT2D eigenvalue weighted by molar-refractivity contribution is -0.139. The maximum Gasteiger partial charge on any atom is 0.325 e. The number of aromatic nitrogens is 2. The average Bonchev–Trinajstić information content (AvgIpc) is 3.41. The van der Waals surface area contributed by atoms with Gasteiger partial charge in [-0.05, 0) is 38.0 Å². The van der Waals surface area contributed by atoms with Crippen molar-refractivity contribution in [1.82, 2.24) is 20.4 Å². The first kappa shape index (κ1) is 20.6. The number of nitrogens with zero attached hydrogens (tertiary/aromatic N) is 3. The van der Waals surface area contributed by atoms with Crippen LogP contribution in [0.15, 0.2) is 4.52 Å². The van der Waals surface area contributed by atoms with Gasteiger partial charge in [0, 0.05) is 19.6 Å². The molecule has 0 radical (unpaired) electrons. The maximum absolute atomic E-state index is 12.4. The highest BCUT2D eigenvalue weighted by Crippen LogP contribution is 2.30. The Morgan fingerprint density at radius 2 is 2.00 bits per heavy atom. The van der Waals surface area contributed by atoms with Crippen LogP contribution in [0.25, 0.3) is 0 Å². The third-order valence-corrected chi connectivity index (χ3v) is 5.44. The molecule has 2 fully saturated rings. The molecule has 9 nitrogen and oxygen atoms in total. The van der Waals surface area contributed by atoms with Gasteiger partial charge in [-0.2, -0.15) is 4.98 Å². The molecule has 0 spiro atoms. The second kappa shape index (κ2) is 10.4. The second-order valence-corrected chi connectivity index (χ2v) is 7.46. The fourth-order valence-electron chi connectivity index (χ4n) is 3.85. The molecule has 3 rings (SSSR count). The minimum atomic E-state index is -0.486. The van der Waals surface area contributed by atoms with Crippen molar-refractivity contribution in [2.45, 2.75) is 57.4 Å². The van der Waals surface area contributed by atoms with E-state index in [1.807, 2.05) is 0 Å². The molecule has 0 bridgehead atoms. The number of rotatable bonds is 8.